The fraction of sp³-hybridized carbons (Fsp3) is 0.188. The van der Waals surface area contributed by atoms with Gasteiger partial charge in [-0.2, -0.15) is 0 Å². The number of nitrogens with two attached hydrogens (primary N) is 1. The van der Waals surface area contributed by atoms with E-state index in [1.54, 1.807) is 17.8 Å². The Bertz CT molecular complexity index is 782. The number of aromatic amines is 1. The SMILES string of the molecule is Cc1ccc2nc(SCc3ccc(F)cc3CN)[nH]c2c1. The van der Waals surface area contributed by atoms with E-state index in [1.165, 1.54) is 17.7 Å². The summed E-state index contributed by atoms with van der Waals surface area (Å²) in [4.78, 5) is 7.85. The number of nitrogens with one attached hydrogen (secondary N) is 1. The molecule has 0 aliphatic heterocycles. The maximum atomic E-state index is 13.2. The smallest absolute Gasteiger partial charge is 0.166 e. The Morgan fingerprint density at radius 3 is 2.86 bits per heavy atom. The van der Waals surface area contributed by atoms with Gasteiger partial charge in [-0.25, -0.2) is 9.37 Å². The van der Waals surface area contributed by atoms with Gasteiger partial charge < -0.3 is 10.7 Å². The number of aryl methyl sites for hydroxylation is 1. The van der Waals surface area contributed by atoms with Crippen LogP contribution < -0.4 is 5.73 Å². The third-order valence-electron chi connectivity index (χ3n) is 3.37. The van der Waals surface area contributed by atoms with Crippen molar-refractivity contribution in [2.24, 2.45) is 5.73 Å². The number of aromatic nitrogens is 2. The highest BCUT2D eigenvalue weighted by molar-refractivity contribution is 7.98. The molecule has 0 atom stereocenters. The number of hydrogen-bond donors (Lipinski definition) is 2. The summed E-state index contributed by atoms with van der Waals surface area (Å²) < 4.78 is 13.2. The van der Waals surface area contributed by atoms with Gasteiger partial charge >= 0.3 is 0 Å². The number of halogens is 1. The molecule has 0 fully saturated rings. The highest BCUT2D eigenvalue weighted by atomic mass is 32.2. The van der Waals surface area contributed by atoms with E-state index in [2.05, 4.69) is 23.0 Å². The second-order valence-electron chi connectivity index (χ2n) is 4.97. The van der Waals surface area contributed by atoms with Crippen molar-refractivity contribution >= 4 is 22.8 Å². The third-order valence-corrected chi connectivity index (χ3v) is 4.29. The summed E-state index contributed by atoms with van der Waals surface area (Å²) in [6.07, 6.45) is 0. The fourth-order valence-corrected chi connectivity index (χ4v) is 3.16. The maximum Gasteiger partial charge on any atom is 0.166 e. The van der Waals surface area contributed by atoms with Gasteiger partial charge in [-0.15, -0.1) is 0 Å². The van der Waals surface area contributed by atoms with Crippen molar-refractivity contribution in [1.29, 1.82) is 0 Å². The van der Waals surface area contributed by atoms with Crippen molar-refractivity contribution in [3.8, 4) is 0 Å². The first-order chi connectivity index (χ1) is 10.2. The molecular formula is C16H16FN3S. The van der Waals surface area contributed by atoms with Gasteiger partial charge in [0.25, 0.3) is 0 Å². The zero-order valence-corrected chi connectivity index (χ0v) is 12.5. The van der Waals surface area contributed by atoms with E-state index in [0.717, 1.165) is 27.3 Å². The molecule has 5 heteroatoms. The molecule has 1 aromatic heterocycles. The highest BCUT2D eigenvalue weighted by Crippen LogP contribution is 2.25. The van der Waals surface area contributed by atoms with Crippen LogP contribution >= 0.6 is 11.8 Å². The molecule has 3 rings (SSSR count). The number of benzene rings is 2. The second-order valence-corrected chi connectivity index (χ2v) is 5.93. The van der Waals surface area contributed by atoms with Gasteiger partial charge in [0.1, 0.15) is 5.82 Å². The normalized spacial score (nSPS) is 11.2. The predicted octanol–water partition coefficient (Wildman–Crippen LogP) is 3.76. The molecule has 0 aliphatic carbocycles. The van der Waals surface area contributed by atoms with Gasteiger partial charge in [0.05, 0.1) is 11.0 Å². The summed E-state index contributed by atoms with van der Waals surface area (Å²) in [6.45, 7) is 2.39. The largest absolute Gasteiger partial charge is 0.333 e. The van der Waals surface area contributed by atoms with E-state index in [0.29, 0.717) is 12.3 Å². The van der Waals surface area contributed by atoms with E-state index < -0.39 is 0 Å². The number of fused-ring (bicyclic) bond motifs is 1. The van der Waals surface area contributed by atoms with Crippen LogP contribution in [0.15, 0.2) is 41.6 Å². The number of nitrogens with zero attached hydrogens (tertiary/aromatic N) is 1. The molecule has 0 amide bonds. The van der Waals surface area contributed by atoms with E-state index in [-0.39, 0.29) is 5.82 Å². The summed E-state index contributed by atoms with van der Waals surface area (Å²) in [5.41, 5.74) is 10.7. The molecule has 2 aromatic carbocycles. The Kier molecular flexibility index (Phi) is 3.94. The van der Waals surface area contributed by atoms with Crippen LogP contribution in [0, 0.1) is 12.7 Å². The Balaban J connectivity index is 1.80. The van der Waals surface area contributed by atoms with E-state index in [4.69, 9.17) is 5.73 Å². The molecule has 1 heterocycles. The van der Waals surface area contributed by atoms with Crippen molar-refractivity contribution in [2.45, 2.75) is 24.4 Å². The Morgan fingerprint density at radius 2 is 2.05 bits per heavy atom. The van der Waals surface area contributed by atoms with Crippen LogP contribution in [-0.4, -0.2) is 9.97 Å². The molecule has 0 saturated heterocycles. The maximum absolute atomic E-state index is 13.2. The quantitative estimate of drug-likeness (QED) is 0.721. The number of H-pyrrole nitrogens is 1. The summed E-state index contributed by atoms with van der Waals surface area (Å²) in [7, 11) is 0. The van der Waals surface area contributed by atoms with Crippen molar-refractivity contribution in [1.82, 2.24) is 9.97 Å². The van der Waals surface area contributed by atoms with Crippen LogP contribution in [0.1, 0.15) is 16.7 Å². The van der Waals surface area contributed by atoms with Crippen molar-refractivity contribution < 1.29 is 4.39 Å². The molecule has 3 N–H and O–H groups in total. The zero-order valence-electron chi connectivity index (χ0n) is 11.7. The summed E-state index contributed by atoms with van der Waals surface area (Å²) in [5, 5.41) is 0.864. The first-order valence-corrected chi connectivity index (χ1v) is 7.71. The van der Waals surface area contributed by atoms with Crippen LogP contribution in [0.2, 0.25) is 0 Å². The highest BCUT2D eigenvalue weighted by Gasteiger charge is 2.07. The lowest BCUT2D eigenvalue weighted by atomic mass is 10.1. The molecule has 0 spiro atoms. The molecule has 21 heavy (non-hydrogen) atoms. The van der Waals surface area contributed by atoms with Crippen LogP contribution in [0.4, 0.5) is 4.39 Å². The lowest BCUT2D eigenvalue weighted by Crippen LogP contribution is -2.01. The summed E-state index contributed by atoms with van der Waals surface area (Å²) in [5.74, 6) is 0.467. The van der Waals surface area contributed by atoms with Gasteiger partial charge in [0.15, 0.2) is 5.16 Å². The molecule has 108 valence electrons. The van der Waals surface area contributed by atoms with Crippen molar-refractivity contribution in [3.63, 3.8) is 0 Å². The van der Waals surface area contributed by atoms with Gasteiger partial charge in [-0.3, -0.25) is 0 Å². The molecule has 0 aliphatic rings. The standard InChI is InChI=1S/C16H16FN3S/c1-10-2-5-14-15(6-10)20-16(19-14)21-9-11-3-4-13(17)7-12(11)8-18/h2-7H,8-9,18H2,1H3,(H,19,20). The number of hydrogen-bond acceptors (Lipinski definition) is 3. The monoisotopic (exact) mass is 301 g/mol. The lowest BCUT2D eigenvalue weighted by molar-refractivity contribution is 0.624. The molecule has 0 saturated carbocycles. The minimum atomic E-state index is -0.247. The molecular weight excluding hydrogens is 285 g/mol. The van der Waals surface area contributed by atoms with E-state index in [9.17, 15) is 4.39 Å². The average Bonchev–Trinajstić information content (AvgIpc) is 2.87. The molecule has 3 nitrogen and oxygen atoms in total. The van der Waals surface area contributed by atoms with Gasteiger partial charge in [-0.1, -0.05) is 23.9 Å². The number of thioether (sulfide) groups is 1. The summed E-state index contributed by atoms with van der Waals surface area (Å²) >= 11 is 1.60. The van der Waals surface area contributed by atoms with Crippen molar-refractivity contribution in [2.75, 3.05) is 0 Å². The Morgan fingerprint density at radius 1 is 1.19 bits per heavy atom. The minimum Gasteiger partial charge on any atom is -0.333 e. The van der Waals surface area contributed by atoms with Crippen LogP contribution in [0.3, 0.4) is 0 Å². The van der Waals surface area contributed by atoms with Crippen LogP contribution in [-0.2, 0) is 12.3 Å². The van der Waals surface area contributed by atoms with Crippen LogP contribution in [0.5, 0.6) is 0 Å². The second kappa shape index (κ2) is 5.87. The fourth-order valence-electron chi connectivity index (χ4n) is 2.24. The van der Waals surface area contributed by atoms with Gasteiger partial charge in [0.2, 0.25) is 0 Å². The number of imidazole rings is 1. The Labute approximate surface area is 126 Å². The lowest BCUT2D eigenvalue weighted by Gasteiger charge is -2.06. The first kappa shape index (κ1) is 14.1. The summed E-state index contributed by atoms with van der Waals surface area (Å²) in [6, 6.07) is 10.9. The molecule has 0 unspecified atom stereocenters. The van der Waals surface area contributed by atoms with E-state index in [1.807, 2.05) is 12.1 Å². The zero-order chi connectivity index (χ0) is 14.8. The van der Waals surface area contributed by atoms with Crippen molar-refractivity contribution in [3.05, 3.63) is 58.9 Å². The number of rotatable bonds is 4. The third kappa shape index (κ3) is 3.09. The van der Waals surface area contributed by atoms with Crippen LogP contribution in [0.25, 0.3) is 11.0 Å². The Hall–Kier alpha value is -1.85. The minimum absolute atomic E-state index is 0.247. The molecule has 0 radical (unpaired) electrons. The first-order valence-electron chi connectivity index (χ1n) is 6.72. The molecule has 3 aromatic rings. The average molecular weight is 301 g/mol. The molecule has 0 bridgehead atoms. The van der Waals surface area contributed by atoms with Gasteiger partial charge in [0, 0.05) is 12.3 Å². The topological polar surface area (TPSA) is 54.7 Å². The van der Waals surface area contributed by atoms with Gasteiger partial charge in [-0.05, 0) is 47.9 Å². The van der Waals surface area contributed by atoms with E-state index >= 15 is 0 Å². The predicted molar refractivity (Wildman–Crippen MR) is 84.7 cm³/mol.